The quantitative estimate of drug-likeness (QED) is 0.879. The van der Waals surface area contributed by atoms with E-state index in [9.17, 15) is 5.11 Å². The van der Waals surface area contributed by atoms with E-state index in [2.05, 4.69) is 21.3 Å². The van der Waals surface area contributed by atoms with Gasteiger partial charge >= 0.3 is 0 Å². The Balaban J connectivity index is 1.56. The molecule has 0 spiro atoms. The Morgan fingerprint density at radius 2 is 1.96 bits per heavy atom. The average molecular weight is 332 g/mol. The van der Waals surface area contributed by atoms with Gasteiger partial charge in [-0.15, -0.1) is 0 Å². The van der Waals surface area contributed by atoms with E-state index >= 15 is 0 Å². The molecule has 4 nitrogen and oxygen atoms in total. The number of hydrogen-bond donors (Lipinski definition) is 2. The maximum absolute atomic E-state index is 9.21. The Labute approximate surface area is 142 Å². The van der Waals surface area contributed by atoms with Crippen molar-refractivity contribution in [3.05, 3.63) is 53.2 Å². The third-order valence-corrected chi connectivity index (χ3v) is 4.77. The molecule has 0 unspecified atom stereocenters. The Kier molecular flexibility index (Phi) is 5.36. The Bertz CT molecular complexity index is 624. The maximum atomic E-state index is 9.21. The normalized spacial score (nSPS) is 15.7. The highest BCUT2D eigenvalue weighted by atomic mass is 35.5. The summed E-state index contributed by atoms with van der Waals surface area (Å²) < 4.78 is 0. The lowest BCUT2D eigenvalue weighted by Gasteiger charge is -2.32. The zero-order valence-electron chi connectivity index (χ0n) is 13.1. The predicted octanol–water partition coefficient (Wildman–Crippen LogP) is 3.56. The monoisotopic (exact) mass is 331 g/mol. The van der Waals surface area contributed by atoms with Crippen molar-refractivity contribution in [2.75, 3.05) is 29.9 Å². The van der Waals surface area contributed by atoms with Crippen LogP contribution < -0.4 is 10.2 Å². The number of anilines is 2. The molecule has 0 aliphatic carbocycles. The molecule has 5 heteroatoms. The summed E-state index contributed by atoms with van der Waals surface area (Å²) in [6.07, 6.45) is 4.00. The van der Waals surface area contributed by atoms with Crippen LogP contribution in [0.15, 0.2) is 42.6 Å². The van der Waals surface area contributed by atoms with Crippen molar-refractivity contribution in [3.8, 4) is 0 Å². The molecular weight excluding hydrogens is 310 g/mol. The molecule has 1 aromatic heterocycles. The maximum Gasteiger partial charge on any atom is 0.126 e. The summed E-state index contributed by atoms with van der Waals surface area (Å²) in [5.74, 6) is 1.30. The van der Waals surface area contributed by atoms with E-state index < -0.39 is 0 Å². The summed E-state index contributed by atoms with van der Waals surface area (Å²) in [6.45, 7) is 2.93. The standard InChI is InChI=1S/C18H22ClN3O/c19-17-4-2-1-3-15(17)11-20-18-6-5-16(12-21-18)22-9-7-14(13-23)8-10-22/h1-6,12,14,23H,7-11,13H2,(H,20,21). The van der Waals surface area contributed by atoms with Gasteiger partial charge in [0.1, 0.15) is 5.82 Å². The van der Waals surface area contributed by atoms with Gasteiger partial charge in [-0.1, -0.05) is 29.8 Å². The minimum atomic E-state index is 0.303. The number of aliphatic hydroxyl groups excluding tert-OH is 1. The third-order valence-electron chi connectivity index (χ3n) is 4.40. The van der Waals surface area contributed by atoms with Crippen LogP contribution in [0, 0.1) is 5.92 Å². The first kappa shape index (κ1) is 16.1. The fourth-order valence-corrected chi connectivity index (χ4v) is 3.08. The number of aromatic nitrogens is 1. The van der Waals surface area contributed by atoms with Crippen LogP contribution in [0.3, 0.4) is 0 Å². The van der Waals surface area contributed by atoms with E-state index in [4.69, 9.17) is 11.6 Å². The number of nitrogens with one attached hydrogen (secondary N) is 1. The predicted molar refractivity (Wildman–Crippen MR) is 95.0 cm³/mol. The zero-order valence-corrected chi connectivity index (χ0v) is 13.8. The van der Waals surface area contributed by atoms with E-state index in [1.54, 1.807) is 0 Å². The van der Waals surface area contributed by atoms with Gasteiger partial charge in [-0.2, -0.15) is 0 Å². The number of nitrogens with zero attached hydrogens (tertiary/aromatic N) is 2. The van der Waals surface area contributed by atoms with Crippen LogP contribution in [0.2, 0.25) is 5.02 Å². The van der Waals surface area contributed by atoms with Crippen molar-refractivity contribution in [3.63, 3.8) is 0 Å². The largest absolute Gasteiger partial charge is 0.396 e. The molecule has 23 heavy (non-hydrogen) atoms. The van der Waals surface area contributed by atoms with E-state index in [1.165, 1.54) is 0 Å². The van der Waals surface area contributed by atoms with Crippen molar-refractivity contribution in [1.29, 1.82) is 0 Å². The van der Waals surface area contributed by atoms with Crippen LogP contribution in [0.25, 0.3) is 0 Å². The second kappa shape index (κ2) is 7.66. The third kappa shape index (κ3) is 4.15. The van der Waals surface area contributed by atoms with Gasteiger partial charge in [0.05, 0.1) is 11.9 Å². The van der Waals surface area contributed by atoms with E-state index in [1.807, 2.05) is 36.5 Å². The van der Waals surface area contributed by atoms with Crippen molar-refractivity contribution in [2.45, 2.75) is 19.4 Å². The number of benzene rings is 1. The van der Waals surface area contributed by atoms with Crippen molar-refractivity contribution in [2.24, 2.45) is 5.92 Å². The molecule has 1 aromatic carbocycles. The van der Waals surface area contributed by atoms with E-state index in [0.717, 1.165) is 48.0 Å². The van der Waals surface area contributed by atoms with Gasteiger partial charge in [0.15, 0.2) is 0 Å². The molecule has 0 bridgehead atoms. The summed E-state index contributed by atoms with van der Waals surface area (Å²) in [5.41, 5.74) is 2.20. The van der Waals surface area contributed by atoms with Crippen molar-refractivity contribution in [1.82, 2.24) is 4.98 Å². The zero-order chi connectivity index (χ0) is 16.1. The van der Waals surface area contributed by atoms with Gasteiger partial charge in [-0.3, -0.25) is 0 Å². The van der Waals surface area contributed by atoms with Gasteiger partial charge < -0.3 is 15.3 Å². The topological polar surface area (TPSA) is 48.4 Å². The lowest BCUT2D eigenvalue weighted by molar-refractivity contribution is 0.203. The van der Waals surface area contributed by atoms with Gasteiger partial charge in [-0.05, 0) is 42.5 Å². The van der Waals surface area contributed by atoms with Crippen LogP contribution in [0.4, 0.5) is 11.5 Å². The van der Waals surface area contributed by atoms with Crippen LogP contribution >= 0.6 is 11.6 Å². The smallest absolute Gasteiger partial charge is 0.126 e. The van der Waals surface area contributed by atoms with Crippen LogP contribution in [0.5, 0.6) is 0 Å². The second-order valence-electron chi connectivity index (χ2n) is 5.96. The van der Waals surface area contributed by atoms with Gasteiger partial charge in [0.25, 0.3) is 0 Å². The van der Waals surface area contributed by atoms with Gasteiger partial charge in [0, 0.05) is 31.3 Å². The number of hydrogen-bond acceptors (Lipinski definition) is 4. The lowest BCUT2D eigenvalue weighted by Crippen LogP contribution is -2.34. The van der Waals surface area contributed by atoms with Crippen molar-refractivity contribution >= 4 is 23.1 Å². The molecule has 1 saturated heterocycles. The molecule has 0 saturated carbocycles. The summed E-state index contributed by atoms with van der Waals surface area (Å²) >= 11 is 6.16. The summed E-state index contributed by atoms with van der Waals surface area (Å²) in [5, 5.41) is 13.3. The van der Waals surface area contributed by atoms with Crippen LogP contribution in [-0.4, -0.2) is 29.8 Å². The highest BCUT2D eigenvalue weighted by molar-refractivity contribution is 6.31. The summed E-state index contributed by atoms with van der Waals surface area (Å²) in [4.78, 5) is 6.82. The molecule has 2 aromatic rings. The highest BCUT2D eigenvalue weighted by Crippen LogP contribution is 2.23. The van der Waals surface area contributed by atoms with E-state index in [-0.39, 0.29) is 0 Å². The first-order valence-corrected chi connectivity index (χ1v) is 8.43. The lowest BCUT2D eigenvalue weighted by atomic mass is 9.98. The molecule has 1 aliphatic rings. The molecule has 1 fully saturated rings. The minimum Gasteiger partial charge on any atom is -0.396 e. The molecule has 2 N–H and O–H groups in total. The number of halogens is 1. The van der Waals surface area contributed by atoms with Crippen molar-refractivity contribution < 1.29 is 5.11 Å². The Morgan fingerprint density at radius 1 is 1.17 bits per heavy atom. The molecule has 0 atom stereocenters. The van der Waals surface area contributed by atoms with E-state index in [0.29, 0.717) is 19.1 Å². The Hall–Kier alpha value is -1.78. The van der Waals surface area contributed by atoms with Gasteiger partial charge in [-0.25, -0.2) is 4.98 Å². The number of rotatable bonds is 5. The molecule has 2 heterocycles. The van der Waals surface area contributed by atoms with Crippen LogP contribution in [-0.2, 0) is 6.54 Å². The first-order valence-electron chi connectivity index (χ1n) is 8.05. The highest BCUT2D eigenvalue weighted by Gasteiger charge is 2.18. The number of pyridine rings is 1. The summed E-state index contributed by atoms with van der Waals surface area (Å²) in [6, 6.07) is 11.9. The van der Waals surface area contributed by atoms with Gasteiger partial charge in [0.2, 0.25) is 0 Å². The summed E-state index contributed by atoms with van der Waals surface area (Å²) in [7, 11) is 0. The molecular formula is C18H22ClN3O. The molecule has 122 valence electrons. The number of aliphatic hydroxyl groups is 1. The minimum absolute atomic E-state index is 0.303. The van der Waals surface area contributed by atoms with Crippen LogP contribution in [0.1, 0.15) is 18.4 Å². The average Bonchev–Trinajstić information content (AvgIpc) is 2.62. The molecule has 1 aliphatic heterocycles. The fourth-order valence-electron chi connectivity index (χ4n) is 2.88. The second-order valence-corrected chi connectivity index (χ2v) is 6.37. The molecule has 0 amide bonds. The molecule has 0 radical (unpaired) electrons. The Morgan fingerprint density at radius 3 is 2.61 bits per heavy atom. The number of piperidine rings is 1. The first-order chi connectivity index (χ1) is 11.3. The molecule has 3 rings (SSSR count). The SMILES string of the molecule is OCC1CCN(c2ccc(NCc3ccccc3Cl)nc2)CC1. The fraction of sp³-hybridized carbons (Fsp3) is 0.389.